The molecule has 0 aliphatic rings. The molecule has 0 aliphatic heterocycles. The van der Waals surface area contributed by atoms with Crippen molar-refractivity contribution in [3.63, 3.8) is 0 Å². The molecule has 0 bridgehead atoms. The molecule has 1 aromatic carbocycles. The Balaban J connectivity index is 2.44. The van der Waals surface area contributed by atoms with Crippen molar-refractivity contribution in [2.24, 2.45) is 5.14 Å². The molecule has 6 nitrogen and oxygen atoms in total. The van der Waals surface area contributed by atoms with Crippen molar-refractivity contribution in [2.45, 2.75) is 37.7 Å². The van der Waals surface area contributed by atoms with Gasteiger partial charge in [0, 0.05) is 18.5 Å². The molecule has 0 spiro atoms. The van der Waals surface area contributed by atoms with Crippen LogP contribution in [0.15, 0.2) is 29.2 Å². The lowest BCUT2D eigenvalue weighted by Gasteiger charge is -2.19. The second-order valence-corrected chi connectivity index (χ2v) is 7.11. The summed E-state index contributed by atoms with van der Waals surface area (Å²) in [6.07, 6.45) is -0.0253. The highest BCUT2D eigenvalue weighted by Gasteiger charge is 2.15. The molecule has 0 heterocycles. The lowest BCUT2D eigenvalue weighted by atomic mass is 10.2. The van der Waals surface area contributed by atoms with Gasteiger partial charge in [0.15, 0.2) is 0 Å². The van der Waals surface area contributed by atoms with E-state index in [1.165, 1.54) is 12.1 Å². The maximum atomic E-state index is 11.4. The van der Waals surface area contributed by atoms with Crippen LogP contribution in [0.25, 0.3) is 0 Å². The molecule has 0 radical (unpaired) electrons. The van der Waals surface area contributed by atoms with E-state index in [0.717, 1.165) is 0 Å². The van der Waals surface area contributed by atoms with Crippen LogP contribution in [0.1, 0.15) is 32.8 Å². The number of alkyl carbamates (subject to hydrolysis) is 1. The van der Waals surface area contributed by atoms with Gasteiger partial charge in [-0.05, 0) is 45.0 Å². The topological polar surface area (TPSA) is 98.5 Å². The van der Waals surface area contributed by atoms with Gasteiger partial charge in [0.05, 0.1) is 4.90 Å². The van der Waals surface area contributed by atoms with Crippen molar-refractivity contribution >= 4 is 16.1 Å². The van der Waals surface area contributed by atoms with Crippen molar-refractivity contribution in [2.75, 3.05) is 6.54 Å². The molecular formula is C15H20N2O4S. The Kier molecular flexibility index (Phi) is 5.97. The quantitative estimate of drug-likeness (QED) is 0.651. The molecular weight excluding hydrogens is 304 g/mol. The first-order chi connectivity index (χ1) is 10.1. The molecule has 22 heavy (non-hydrogen) atoms. The molecule has 1 amide bonds. The zero-order valence-corrected chi connectivity index (χ0v) is 13.7. The van der Waals surface area contributed by atoms with E-state index in [-0.39, 0.29) is 4.90 Å². The van der Waals surface area contributed by atoms with E-state index in [9.17, 15) is 13.2 Å². The van der Waals surface area contributed by atoms with Crippen molar-refractivity contribution in [1.82, 2.24) is 5.32 Å². The standard InChI is InChI=1S/C15H20N2O4S/c1-15(2,3)21-14(18)17-11-5-4-6-12-7-9-13(10-8-12)22(16,19)20/h7-10H,5,11H2,1-3H3,(H,17,18)(H2,16,19,20). The van der Waals surface area contributed by atoms with Gasteiger partial charge >= 0.3 is 6.09 Å². The van der Waals surface area contributed by atoms with Gasteiger partial charge in [-0.1, -0.05) is 11.8 Å². The van der Waals surface area contributed by atoms with Crippen LogP contribution in [0, 0.1) is 11.8 Å². The number of nitrogens with one attached hydrogen (secondary N) is 1. The largest absolute Gasteiger partial charge is 0.444 e. The molecule has 0 atom stereocenters. The van der Waals surface area contributed by atoms with Crippen LogP contribution < -0.4 is 10.5 Å². The van der Waals surface area contributed by atoms with Crippen molar-refractivity contribution in [3.05, 3.63) is 29.8 Å². The first kappa shape index (κ1) is 18.0. The lowest BCUT2D eigenvalue weighted by Crippen LogP contribution is -2.32. The summed E-state index contributed by atoms with van der Waals surface area (Å²) in [5, 5.41) is 7.60. The van der Waals surface area contributed by atoms with Gasteiger partial charge in [0.2, 0.25) is 10.0 Å². The van der Waals surface area contributed by atoms with Crippen LogP contribution in [0.3, 0.4) is 0 Å². The Labute approximate surface area is 131 Å². The summed E-state index contributed by atoms with van der Waals surface area (Å²) in [7, 11) is -3.68. The smallest absolute Gasteiger partial charge is 0.407 e. The van der Waals surface area contributed by atoms with Gasteiger partial charge in [-0.3, -0.25) is 0 Å². The van der Waals surface area contributed by atoms with Gasteiger partial charge in [-0.25, -0.2) is 18.4 Å². The number of primary sulfonamides is 1. The summed E-state index contributed by atoms with van der Waals surface area (Å²) in [6.45, 7) is 5.74. The van der Waals surface area contributed by atoms with Gasteiger partial charge in [0.25, 0.3) is 0 Å². The van der Waals surface area contributed by atoms with Crippen LogP contribution in [0.5, 0.6) is 0 Å². The van der Waals surface area contributed by atoms with Gasteiger partial charge in [0.1, 0.15) is 5.60 Å². The lowest BCUT2D eigenvalue weighted by molar-refractivity contribution is 0.0529. The van der Waals surface area contributed by atoms with E-state index >= 15 is 0 Å². The Hall–Kier alpha value is -2.04. The molecule has 1 rings (SSSR count). The van der Waals surface area contributed by atoms with E-state index in [1.807, 2.05) is 0 Å². The molecule has 0 unspecified atom stereocenters. The Morgan fingerprint density at radius 1 is 1.27 bits per heavy atom. The first-order valence-corrected chi connectivity index (χ1v) is 8.21. The normalized spacial score (nSPS) is 11.3. The molecule has 0 saturated heterocycles. The predicted molar refractivity (Wildman–Crippen MR) is 83.5 cm³/mol. The minimum Gasteiger partial charge on any atom is -0.444 e. The van der Waals surface area contributed by atoms with E-state index in [4.69, 9.17) is 9.88 Å². The fourth-order valence-corrected chi connectivity index (χ4v) is 1.95. The van der Waals surface area contributed by atoms with Gasteiger partial charge in [-0.2, -0.15) is 0 Å². The molecule has 3 N–H and O–H groups in total. The zero-order valence-electron chi connectivity index (χ0n) is 12.8. The summed E-state index contributed by atoms with van der Waals surface area (Å²) in [5.41, 5.74) is 0.144. The van der Waals surface area contributed by atoms with Crippen LogP contribution in [-0.2, 0) is 14.8 Å². The third-order valence-corrected chi connectivity index (χ3v) is 3.26. The predicted octanol–water partition coefficient (Wildman–Crippen LogP) is 1.60. The highest BCUT2D eigenvalue weighted by Crippen LogP contribution is 2.08. The molecule has 0 aromatic heterocycles. The number of rotatable bonds is 3. The number of benzene rings is 1. The van der Waals surface area contributed by atoms with Crippen molar-refractivity contribution in [3.8, 4) is 11.8 Å². The summed E-state index contributed by atoms with van der Waals surface area (Å²) in [4.78, 5) is 11.4. The second-order valence-electron chi connectivity index (χ2n) is 5.55. The molecule has 120 valence electrons. The van der Waals surface area contributed by atoms with Gasteiger partial charge in [-0.15, -0.1) is 0 Å². The molecule has 0 fully saturated rings. The van der Waals surface area contributed by atoms with Gasteiger partial charge < -0.3 is 10.1 Å². The SMILES string of the molecule is CC(C)(C)OC(=O)NCCC#Cc1ccc(S(N)(=O)=O)cc1. The first-order valence-electron chi connectivity index (χ1n) is 6.66. The molecule has 0 saturated carbocycles. The number of carbonyl (C=O) groups excluding carboxylic acids is 1. The monoisotopic (exact) mass is 324 g/mol. The third-order valence-electron chi connectivity index (χ3n) is 2.33. The number of carbonyl (C=O) groups is 1. The molecule has 0 aliphatic carbocycles. The number of hydrogen-bond acceptors (Lipinski definition) is 4. The number of sulfonamides is 1. The fourth-order valence-electron chi connectivity index (χ4n) is 1.43. The fraction of sp³-hybridized carbons (Fsp3) is 0.400. The summed E-state index contributed by atoms with van der Waals surface area (Å²) in [6, 6.07) is 5.96. The minimum atomic E-state index is -3.68. The van der Waals surface area contributed by atoms with Crippen LogP contribution in [-0.4, -0.2) is 26.7 Å². The number of hydrogen-bond donors (Lipinski definition) is 2. The Morgan fingerprint density at radius 3 is 2.36 bits per heavy atom. The van der Waals surface area contributed by atoms with E-state index in [1.54, 1.807) is 32.9 Å². The Morgan fingerprint density at radius 2 is 1.86 bits per heavy atom. The maximum Gasteiger partial charge on any atom is 0.407 e. The number of amides is 1. The highest BCUT2D eigenvalue weighted by atomic mass is 32.2. The highest BCUT2D eigenvalue weighted by molar-refractivity contribution is 7.89. The van der Waals surface area contributed by atoms with Crippen LogP contribution in [0.4, 0.5) is 4.79 Å². The van der Waals surface area contributed by atoms with E-state index in [2.05, 4.69) is 17.2 Å². The van der Waals surface area contributed by atoms with Crippen molar-refractivity contribution in [1.29, 1.82) is 0 Å². The number of nitrogens with two attached hydrogens (primary N) is 1. The summed E-state index contributed by atoms with van der Waals surface area (Å²) < 4.78 is 27.3. The molecule has 7 heteroatoms. The molecule has 1 aromatic rings. The Bertz CT molecular complexity index is 677. The zero-order chi connectivity index (χ0) is 16.8. The number of ether oxygens (including phenoxy) is 1. The third kappa shape index (κ3) is 7.11. The second kappa shape index (κ2) is 7.29. The minimum absolute atomic E-state index is 0.0460. The van der Waals surface area contributed by atoms with E-state index < -0.39 is 21.7 Å². The maximum absolute atomic E-state index is 11.4. The summed E-state index contributed by atoms with van der Waals surface area (Å²) >= 11 is 0. The average Bonchev–Trinajstić information content (AvgIpc) is 2.35. The average molecular weight is 324 g/mol. The van der Waals surface area contributed by atoms with E-state index in [0.29, 0.717) is 18.5 Å². The van der Waals surface area contributed by atoms with Crippen molar-refractivity contribution < 1.29 is 17.9 Å². The summed E-state index contributed by atoms with van der Waals surface area (Å²) in [5.74, 6) is 5.74. The van der Waals surface area contributed by atoms with Crippen LogP contribution in [0.2, 0.25) is 0 Å². The van der Waals surface area contributed by atoms with Crippen LogP contribution >= 0.6 is 0 Å².